The van der Waals surface area contributed by atoms with Gasteiger partial charge in [-0.25, -0.2) is 9.97 Å². The molecular weight excluding hydrogens is 458 g/mol. The van der Waals surface area contributed by atoms with Crippen molar-refractivity contribution < 1.29 is 4.79 Å². The lowest BCUT2D eigenvalue weighted by molar-refractivity contribution is 0.0951. The van der Waals surface area contributed by atoms with Gasteiger partial charge in [0.1, 0.15) is 5.69 Å². The maximum atomic E-state index is 12.4. The normalized spacial score (nSPS) is 16.0. The first-order valence-corrected chi connectivity index (χ1v) is 14.1. The summed E-state index contributed by atoms with van der Waals surface area (Å²) in [6.07, 6.45) is 16.4. The second-order valence-electron chi connectivity index (χ2n) is 11.1. The Morgan fingerprint density at radius 3 is 2.62 bits per heavy atom. The van der Waals surface area contributed by atoms with Crippen LogP contribution in [0.1, 0.15) is 94.1 Å². The van der Waals surface area contributed by atoms with Crippen LogP contribution in [-0.2, 0) is 0 Å². The summed E-state index contributed by atoms with van der Waals surface area (Å²) in [5.74, 6) is 8.83. The van der Waals surface area contributed by atoms with Gasteiger partial charge >= 0.3 is 0 Å². The molecule has 2 fully saturated rings. The van der Waals surface area contributed by atoms with Crippen LogP contribution in [0.4, 0.5) is 5.82 Å². The van der Waals surface area contributed by atoms with E-state index in [0.717, 1.165) is 66.6 Å². The van der Waals surface area contributed by atoms with Crippen LogP contribution in [0.5, 0.6) is 0 Å². The molecule has 2 aromatic heterocycles. The minimum absolute atomic E-state index is 0.00221. The molecule has 6 nitrogen and oxygen atoms in total. The Kier molecular flexibility index (Phi) is 8.08. The van der Waals surface area contributed by atoms with Crippen LogP contribution in [0.3, 0.4) is 0 Å². The number of unbranched alkanes of at least 4 members (excludes halogenated alkanes) is 1. The number of anilines is 1. The van der Waals surface area contributed by atoms with Gasteiger partial charge < -0.3 is 10.6 Å². The molecule has 0 aliphatic heterocycles. The van der Waals surface area contributed by atoms with E-state index in [1.807, 2.05) is 36.7 Å². The minimum Gasteiger partial charge on any atom is -0.367 e. The van der Waals surface area contributed by atoms with Gasteiger partial charge in [0.15, 0.2) is 11.5 Å². The molecule has 0 saturated heterocycles. The summed E-state index contributed by atoms with van der Waals surface area (Å²) in [5.41, 5.74) is 4.18. The highest BCUT2D eigenvalue weighted by molar-refractivity contribution is 5.95. The first-order chi connectivity index (χ1) is 18.1. The zero-order chi connectivity index (χ0) is 25.6. The monoisotopic (exact) mass is 497 g/mol. The average molecular weight is 498 g/mol. The molecule has 2 heterocycles. The Morgan fingerprint density at radius 1 is 1.11 bits per heavy atom. The van der Waals surface area contributed by atoms with E-state index < -0.39 is 0 Å². The number of nitrogens with one attached hydrogen (secondary N) is 2. The molecule has 194 valence electrons. The lowest BCUT2D eigenvalue weighted by atomic mass is 9.86. The number of imidazole rings is 1. The zero-order valence-corrected chi connectivity index (χ0v) is 22.2. The number of nitrogens with zero attached hydrogens (tertiary/aromatic N) is 3. The number of fused-ring (bicyclic) bond motifs is 1. The molecule has 0 unspecified atom stereocenters. The third-order valence-corrected chi connectivity index (χ3v) is 7.38. The summed E-state index contributed by atoms with van der Waals surface area (Å²) in [4.78, 5) is 21.9. The van der Waals surface area contributed by atoms with Crippen molar-refractivity contribution in [2.75, 3.05) is 11.9 Å². The van der Waals surface area contributed by atoms with Crippen LogP contribution < -0.4 is 10.6 Å². The molecule has 2 saturated carbocycles. The molecule has 0 bridgehead atoms. The van der Waals surface area contributed by atoms with Crippen LogP contribution in [0.2, 0.25) is 0 Å². The standard InChI is InChI=1S/C31H39N5O/c1-22(2)19-32-29-30-33-20-28(24-13-15-25(16-14-24)31(37)35-26-17-18-26)36(30)21-27(34-29)12-8-4-7-11-23-9-5-3-6-10-23/h13-16,20-23,26H,3-7,9-11,17-19H2,1-2H3,(H,32,34)(H,35,37). The van der Waals surface area contributed by atoms with Crippen molar-refractivity contribution in [2.24, 2.45) is 11.8 Å². The van der Waals surface area contributed by atoms with Gasteiger partial charge in [-0.3, -0.25) is 9.20 Å². The van der Waals surface area contributed by atoms with E-state index >= 15 is 0 Å². The van der Waals surface area contributed by atoms with Crippen molar-refractivity contribution >= 4 is 17.4 Å². The van der Waals surface area contributed by atoms with Crippen molar-refractivity contribution in [1.82, 2.24) is 19.7 Å². The maximum absolute atomic E-state index is 12.4. The third kappa shape index (κ3) is 6.71. The predicted molar refractivity (Wildman–Crippen MR) is 150 cm³/mol. The van der Waals surface area contributed by atoms with Crippen molar-refractivity contribution in [3.63, 3.8) is 0 Å². The van der Waals surface area contributed by atoms with Gasteiger partial charge in [0.2, 0.25) is 0 Å². The van der Waals surface area contributed by atoms with E-state index in [9.17, 15) is 4.79 Å². The van der Waals surface area contributed by atoms with Gasteiger partial charge in [0, 0.05) is 36.3 Å². The number of hydrogen-bond donors (Lipinski definition) is 2. The molecule has 0 spiro atoms. The molecule has 2 aliphatic carbocycles. The van der Waals surface area contributed by atoms with Crippen LogP contribution in [0.15, 0.2) is 36.7 Å². The molecule has 37 heavy (non-hydrogen) atoms. The second-order valence-corrected chi connectivity index (χ2v) is 11.1. The molecule has 1 aromatic carbocycles. The molecule has 0 atom stereocenters. The molecule has 2 aliphatic rings. The van der Waals surface area contributed by atoms with Crippen molar-refractivity contribution in [3.05, 3.63) is 47.9 Å². The molecule has 5 rings (SSSR count). The number of carbonyl (C=O) groups excluding carboxylic acids is 1. The Morgan fingerprint density at radius 2 is 1.89 bits per heavy atom. The van der Waals surface area contributed by atoms with E-state index in [4.69, 9.17) is 9.97 Å². The van der Waals surface area contributed by atoms with Gasteiger partial charge in [0.25, 0.3) is 5.91 Å². The van der Waals surface area contributed by atoms with Gasteiger partial charge in [-0.15, -0.1) is 0 Å². The maximum Gasteiger partial charge on any atom is 0.251 e. The molecule has 0 radical (unpaired) electrons. The number of benzene rings is 1. The highest BCUT2D eigenvalue weighted by atomic mass is 16.1. The minimum atomic E-state index is -0.00221. The van der Waals surface area contributed by atoms with Crippen molar-refractivity contribution in [1.29, 1.82) is 0 Å². The van der Waals surface area contributed by atoms with E-state index in [1.165, 1.54) is 38.5 Å². The lowest BCUT2D eigenvalue weighted by Crippen LogP contribution is -2.25. The first-order valence-electron chi connectivity index (χ1n) is 14.1. The number of hydrogen-bond acceptors (Lipinski definition) is 4. The summed E-state index contributed by atoms with van der Waals surface area (Å²) in [6, 6.07) is 8.10. The first kappa shape index (κ1) is 25.3. The fraction of sp³-hybridized carbons (Fsp3) is 0.516. The van der Waals surface area contributed by atoms with Crippen LogP contribution in [0, 0.1) is 23.7 Å². The summed E-state index contributed by atoms with van der Waals surface area (Å²) >= 11 is 0. The number of aromatic nitrogens is 3. The van der Waals surface area contributed by atoms with E-state index in [1.54, 1.807) is 0 Å². The predicted octanol–water partition coefficient (Wildman–Crippen LogP) is 6.46. The molecular formula is C31H39N5O. The van der Waals surface area contributed by atoms with Crippen LogP contribution in [-0.4, -0.2) is 32.9 Å². The highest BCUT2D eigenvalue weighted by Gasteiger charge is 2.23. The van der Waals surface area contributed by atoms with Crippen LogP contribution in [0.25, 0.3) is 16.9 Å². The van der Waals surface area contributed by atoms with Crippen molar-refractivity contribution in [2.45, 2.75) is 84.1 Å². The Balaban J connectivity index is 1.35. The van der Waals surface area contributed by atoms with Gasteiger partial charge in [-0.2, -0.15) is 0 Å². The van der Waals surface area contributed by atoms with E-state index in [-0.39, 0.29) is 5.91 Å². The van der Waals surface area contributed by atoms with E-state index in [2.05, 4.69) is 40.7 Å². The molecule has 2 N–H and O–H groups in total. The summed E-state index contributed by atoms with van der Waals surface area (Å²) in [6.45, 7) is 5.17. The smallest absolute Gasteiger partial charge is 0.251 e. The molecule has 6 heteroatoms. The summed E-state index contributed by atoms with van der Waals surface area (Å²) in [7, 11) is 0. The molecule has 1 amide bonds. The molecule has 3 aromatic rings. The van der Waals surface area contributed by atoms with Gasteiger partial charge in [0.05, 0.1) is 11.9 Å². The largest absolute Gasteiger partial charge is 0.367 e. The zero-order valence-electron chi connectivity index (χ0n) is 22.2. The highest BCUT2D eigenvalue weighted by Crippen LogP contribution is 2.28. The second kappa shape index (κ2) is 11.8. The fourth-order valence-electron chi connectivity index (χ4n) is 5.08. The Bertz CT molecular complexity index is 1270. The van der Waals surface area contributed by atoms with Crippen molar-refractivity contribution in [3.8, 4) is 23.1 Å². The van der Waals surface area contributed by atoms with Gasteiger partial charge in [-0.1, -0.05) is 64.0 Å². The van der Waals surface area contributed by atoms with E-state index in [0.29, 0.717) is 17.5 Å². The Labute approximate surface area is 220 Å². The SMILES string of the molecule is CC(C)CNc1nc(C#CCCCC2CCCCC2)cn2c(-c3ccc(C(=O)NC4CC4)cc3)cnc12. The number of carbonyl (C=O) groups is 1. The number of rotatable bonds is 9. The quantitative estimate of drug-likeness (QED) is 0.263. The number of amides is 1. The average Bonchev–Trinajstić information content (AvgIpc) is 3.63. The van der Waals surface area contributed by atoms with Gasteiger partial charge in [-0.05, 0) is 55.6 Å². The Hall–Kier alpha value is -3.33. The summed E-state index contributed by atoms with van der Waals surface area (Å²) < 4.78 is 2.07. The topological polar surface area (TPSA) is 71.3 Å². The lowest BCUT2D eigenvalue weighted by Gasteiger charge is -2.20. The summed E-state index contributed by atoms with van der Waals surface area (Å²) in [5, 5.41) is 6.52. The fourth-order valence-corrected chi connectivity index (χ4v) is 5.08. The third-order valence-electron chi connectivity index (χ3n) is 7.38. The van der Waals surface area contributed by atoms with Crippen LogP contribution >= 0.6 is 0 Å².